The lowest BCUT2D eigenvalue weighted by atomic mass is 10.2. The van der Waals surface area contributed by atoms with Gasteiger partial charge in [0.05, 0.1) is 12.9 Å². The van der Waals surface area contributed by atoms with E-state index < -0.39 is 0 Å². The predicted octanol–water partition coefficient (Wildman–Crippen LogP) is 5.47. The van der Waals surface area contributed by atoms with Gasteiger partial charge in [-0.2, -0.15) is 0 Å². The first-order valence-corrected chi connectivity index (χ1v) is 10.9. The standard InChI is InChI=1S/C23H18ClFN4O2S/c1-31-20-12-10-19(11-13-20)29-22(15-2-4-16(24)5-3-15)27-28-23(29)32-14-21(30)26-18-8-6-17(25)7-9-18/h2-13H,14H2,1H3,(H,26,30). The average Bonchev–Trinajstić information content (AvgIpc) is 3.24. The normalized spacial score (nSPS) is 10.7. The summed E-state index contributed by atoms with van der Waals surface area (Å²) in [6, 6.07) is 20.4. The molecule has 0 saturated heterocycles. The maximum absolute atomic E-state index is 13.1. The molecule has 0 radical (unpaired) electrons. The van der Waals surface area contributed by atoms with Crippen LogP contribution in [0.15, 0.2) is 78.0 Å². The molecule has 0 unspecified atom stereocenters. The number of carbonyl (C=O) groups excluding carboxylic acids is 1. The third-order valence-electron chi connectivity index (χ3n) is 4.53. The maximum Gasteiger partial charge on any atom is 0.234 e. The zero-order valence-corrected chi connectivity index (χ0v) is 18.5. The number of benzene rings is 3. The number of anilines is 1. The summed E-state index contributed by atoms with van der Waals surface area (Å²) < 4.78 is 20.2. The molecule has 0 aliphatic heterocycles. The van der Waals surface area contributed by atoms with E-state index in [1.54, 1.807) is 19.2 Å². The van der Waals surface area contributed by atoms with Gasteiger partial charge < -0.3 is 10.1 Å². The molecular formula is C23H18ClFN4O2S. The highest BCUT2D eigenvalue weighted by atomic mass is 35.5. The van der Waals surface area contributed by atoms with Crippen molar-refractivity contribution in [2.45, 2.75) is 5.16 Å². The van der Waals surface area contributed by atoms with E-state index in [1.165, 1.54) is 36.0 Å². The molecule has 0 aliphatic carbocycles. The molecule has 1 aromatic heterocycles. The lowest BCUT2D eigenvalue weighted by Crippen LogP contribution is -2.14. The Labute approximate surface area is 193 Å². The van der Waals surface area contributed by atoms with Gasteiger partial charge in [0, 0.05) is 22.0 Å². The molecule has 0 saturated carbocycles. The Kier molecular flexibility index (Phi) is 6.72. The molecule has 32 heavy (non-hydrogen) atoms. The molecule has 162 valence electrons. The van der Waals surface area contributed by atoms with E-state index in [1.807, 2.05) is 41.0 Å². The molecule has 4 rings (SSSR count). The lowest BCUT2D eigenvalue weighted by molar-refractivity contribution is -0.113. The summed E-state index contributed by atoms with van der Waals surface area (Å²) in [6.45, 7) is 0. The number of ether oxygens (including phenoxy) is 1. The van der Waals surface area contributed by atoms with Gasteiger partial charge >= 0.3 is 0 Å². The van der Waals surface area contributed by atoms with Crippen molar-refractivity contribution in [1.82, 2.24) is 14.8 Å². The number of hydrogen-bond acceptors (Lipinski definition) is 5. The first-order chi connectivity index (χ1) is 15.5. The third kappa shape index (κ3) is 5.09. The fraction of sp³-hybridized carbons (Fsp3) is 0.0870. The second kappa shape index (κ2) is 9.84. The van der Waals surface area contributed by atoms with Crippen molar-refractivity contribution < 1.29 is 13.9 Å². The Bertz CT molecular complexity index is 1210. The zero-order valence-electron chi connectivity index (χ0n) is 17.0. The number of nitrogens with zero attached hydrogens (tertiary/aromatic N) is 3. The molecule has 0 spiro atoms. The van der Waals surface area contributed by atoms with Crippen LogP contribution in [0.4, 0.5) is 10.1 Å². The van der Waals surface area contributed by atoms with Gasteiger partial charge in [0.25, 0.3) is 0 Å². The number of aromatic nitrogens is 3. The smallest absolute Gasteiger partial charge is 0.234 e. The fourth-order valence-corrected chi connectivity index (χ4v) is 3.85. The predicted molar refractivity (Wildman–Crippen MR) is 124 cm³/mol. The molecule has 0 aliphatic rings. The van der Waals surface area contributed by atoms with Crippen molar-refractivity contribution in [2.75, 3.05) is 18.2 Å². The number of halogens is 2. The van der Waals surface area contributed by atoms with E-state index in [-0.39, 0.29) is 17.5 Å². The van der Waals surface area contributed by atoms with Crippen LogP contribution in [0.1, 0.15) is 0 Å². The Morgan fingerprint density at radius 1 is 1.03 bits per heavy atom. The summed E-state index contributed by atoms with van der Waals surface area (Å²) in [5, 5.41) is 12.6. The molecular weight excluding hydrogens is 451 g/mol. The molecule has 1 amide bonds. The highest BCUT2D eigenvalue weighted by Gasteiger charge is 2.17. The van der Waals surface area contributed by atoms with Gasteiger partial charge in [0.2, 0.25) is 5.91 Å². The Hall–Kier alpha value is -3.36. The van der Waals surface area contributed by atoms with Crippen molar-refractivity contribution in [3.05, 3.63) is 83.6 Å². The zero-order chi connectivity index (χ0) is 22.5. The van der Waals surface area contributed by atoms with Crippen LogP contribution in [0, 0.1) is 5.82 Å². The van der Waals surface area contributed by atoms with E-state index in [4.69, 9.17) is 16.3 Å². The van der Waals surface area contributed by atoms with Gasteiger partial charge in [-0.25, -0.2) is 4.39 Å². The summed E-state index contributed by atoms with van der Waals surface area (Å²) >= 11 is 7.28. The minimum absolute atomic E-state index is 0.103. The van der Waals surface area contributed by atoms with Crippen LogP contribution in [0.25, 0.3) is 17.1 Å². The van der Waals surface area contributed by atoms with E-state index >= 15 is 0 Å². The monoisotopic (exact) mass is 468 g/mol. The van der Waals surface area contributed by atoms with Crippen LogP contribution >= 0.6 is 23.4 Å². The molecule has 1 N–H and O–H groups in total. The second-order valence-corrected chi connectivity index (χ2v) is 8.07. The van der Waals surface area contributed by atoms with E-state index in [2.05, 4.69) is 15.5 Å². The van der Waals surface area contributed by atoms with Gasteiger partial charge in [-0.3, -0.25) is 9.36 Å². The SMILES string of the molecule is COc1ccc(-n2c(SCC(=O)Nc3ccc(F)cc3)nnc2-c2ccc(Cl)cc2)cc1. The fourth-order valence-electron chi connectivity index (χ4n) is 2.97. The van der Waals surface area contributed by atoms with Gasteiger partial charge in [0.1, 0.15) is 11.6 Å². The van der Waals surface area contributed by atoms with E-state index in [0.717, 1.165) is 17.0 Å². The quantitative estimate of drug-likeness (QED) is 0.364. The molecule has 1 heterocycles. The summed E-state index contributed by atoms with van der Waals surface area (Å²) in [6.07, 6.45) is 0. The first-order valence-electron chi connectivity index (χ1n) is 9.57. The molecule has 0 atom stereocenters. The third-order valence-corrected chi connectivity index (χ3v) is 5.71. The van der Waals surface area contributed by atoms with Crippen LogP contribution < -0.4 is 10.1 Å². The van der Waals surface area contributed by atoms with E-state index in [0.29, 0.717) is 21.7 Å². The van der Waals surface area contributed by atoms with Crippen molar-refractivity contribution in [1.29, 1.82) is 0 Å². The van der Waals surface area contributed by atoms with Crippen LogP contribution in [-0.2, 0) is 4.79 Å². The maximum atomic E-state index is 13.1. The van der Waals surface area contributed by atoms with Crippen LogP contribution in [0.3, 0.4) is 0 Å². The van der Waals surface area contributed by atoms with Crippen molar-refractivity contribution in [2.24, 2.45) is 0 Å². The number of carbonyl (C=O) groups is 1. The number of hydrogen-bond donors (Lipinski definition) is 1. The van der Waals surface area contributed by atoms with Crippen molar-refractivity contribution in [3.8, 4) is 22.8 Å². The van der Waals surface area contributed by atoms with Crippen LogP contribution in [0.2, 0.25) is 5.02 Å². The lowest BCUT2D eigenvalue weighted by Gasteiger charge is -2.11. The largest absolute Gasteiger partial charge is 0.497 e. The highest BCUT2D eigenvalue weighted by molar-refractivity contribution is 7.99. The van der Waals surface area contributed by atoms with Crippen LogP contribution in [-0.4, -0.2) is 33.5 Å². The number of methoxy groups -OCH3 is 1. The number of rotatable bonds is 7. The van der Waals surface area contributed by atoms with Gasteiger partial charge in [0.15, 0.2) is 11.0 Å². The van der Waals surface area contributed by atoms with Gasteiger partial charge in [-0.1, -0.05) is 23.4 Å². The first kappa shape index (κ1) is 21.9. The summed E-state index contributed by atoms with van der Waals surface area (Å²) in [7, 11) is 1.61. The highest BCUT2D eigenvalue weighted by Crippen LogP contribution is 2.29. The number of nitrogens with one attached hydrogen (secondary N) is 1. The molecule has 4 aromatic rings. The van der Waals surface area contributed by atoms with Gasteiger partial charge in [-0.05, 0) is 72.8 Å². The van der Waals surface area contributed by atoms with E-state index in [9.17, 15) is 9.18 Å². The average molecular weight is 469 g/mol. The molecule has 9 heteroatoms. The topological polar surface area (TPSA) is 69.0 Å². The number of amides is 1. The van der Waals surface area contributed by atoms with Crippen molar-refractivity contribution >= 4 is 35.0 Å². The summed E-state index contributed by atoms with van der Waals surface area (Å²) in [5.74, 6) is 0.849. The Morgan fingerprint density at radius 3 is 2.38 bits per heavy atom. The Morgan fingerprint density at radius 2 is 1.72 bits per heavy atom. The van der Waals surface area contributed by atoms with Gasteiger partial charge in [-0.15, -0.1) is 10.2 Å². The summed E-state index contributed by atoms with van der Waals surface area (Å²) in [5.41, 5.74) is 2.18. The molecule has 0 fully saturated rings. The molecule has 3 aromatic carbocycles. The summed E-state index contributed by atoms with van der Waals surface area (Å²) in [4.78, 5) is 12.4. The molecule has 0 bridgehead atoms. The number of thioether (sulfide) groups is 1. The van der Waals surface area contributed by atoms with Crippen LogP contribution in [0.5, 0.6) is 5.75 Å². The van der Waals surface area contributed by atoms with Crippen molar-refractivity contribution in [3.63, 3.8) is 0 Å². The Balaban J connectivity index is 1.60. The second-order valence-electron chi connectivity index (χ2n) is 6.69. The minimum Gasteiger partial charge on any atom is -0.497 e. The molecule has 6 nitrogen and oxygen atoms in total. The minimum atomic E-state index is -0.361.